The van der Waals surface area contributed by atoms with E-state index < -0.39 is 0 Å². The van der Waals surface area contributed by atoms with Gasteiger partial charge in [-0.2, -0.15) is 0 Å². The first-order valence-electron chi connectivity index (χ1n) is 5.83. The van der Waals surface area contributed by atoms with Crippen molar-refractivity contribution in [2.45, 2.75) is 25.2 Å². The summed E-state index contributed by atoms with van der Waals surface area (Å²) in [5.74, 6) is 12.2. The number of ether oxygens (including phenoxy) is 1. The van der Waals surface area contributed by atoms with E-state index in [0.717, 1.165) is 18.5 Å². The standard InChI is InChI=1S/C9H17N7O2/c10-14-3-7-9(15(11)5-14)12-13-16(7)8-2-1-6(4-17)18-8/h3,6,8,13,17H,1-2,4-5,10-11H2/t6-,8+/m0/s1. The molecule has 100 valence electrons. The first-order valence-corrected chi connectivity index (χ1v) is 5.83. The molecule has 3 aliphatic rings. The minimum absolute atomic E-state index is 0.0309. The van der Waals surface area contributed by atoms with Crippen LogP contribution in [0.4, 0.5) is 0 Å². The lowest BCUT2D eigenvalue weighted by molar-refractivity contribution is -0.0681. The number of nitrogens with zero attached hydrogens (tertiary/aromatic N) is 4. The minimum atomic E-state index is -0.172. The van der Waals surface area contributed by atoms with Crippen LogP contribution in [0.5, 0.6) is 0 Å². The monoisotopic (exact) mass is 255 g/mol. The highest BCUT2D eigenvalue weighted by Crippen LogP contribution is 2.27. The van der Waals surface area contributed by atoms with E-state index in [4.69, 9.17) is 21.5 Å². The molecule has 0 aliphatic carbocycles. The molecule has 18 heavy (non-hydrogen) atoms. The number of amidine groups is 1. The summed E-state index contributed by atoms with van der Waals surface area (Å²) in [5, 5.41) is 17.9. The van der Waals surface area contributed by atoms with Crippen LogP contribution in [-0.4, -0.2) is 51.6 Å². The molecule has 1 saturated heterocycles. The molecule has 0 aromatic carbocycles. The second-order valence-electron chi connectivity index (χ2n) is 4.52. The number of nitrogens with one attached hydrogen (secondary N) is 1. The van der Waals surface area contributed by atoms with E-state index in [9.17, 15) is 0 Å². The molecule has 0 radical (unpaired) electrons. The molecule has 3 rings (SSSR count). The number of hydrazone groups is 1. The molecule has 0 saturated carbocycles. The Bertz CT molecular complexity index is 398. The van der Waals surface area contributed by atoms with Crippen LogP contribution in [0, 0.1) is 0 Å². The molecule has 9 nitrogen and oxygen atoms in total. The van der Waals surface area contributed by atoms with Crippen molar-refractivity contribution in [2.24, 2.45) is 16.8 Å². The van der Waals surface area contributed by atoms with Crippen molar-refractivity contribution in [3.63, 3.8) is 0 Å². The summed E-state index contributed by atoms with van der Waals surface area (Å²) < 4.78 is 5.69. The number of hydrazine groups is 3. The van der Waals surface area contributed by atoms with Gasteiger partial charge in [0.15, 0.2) is 12.1 Å². The predicted molar refractivity (Wildman–Crippen MR) is 62.4 cm³/mol. The van der Waals surface area contributed by atoms with Gasteiger partial charge in [-0.05, 0) is 12.8 Å². The van der Waals surface area contributed by atoms with Gasteiger partial charge in [-0.25, -0.2) is 22.2 Å². The molecule has 9 heteroatoms. The van der Waals surface area contributed by atoms with E-state index in [1.807, 2.05) is 0 Å². The Labute approximate surface area is 104 Å². The van der Waals surface area contributed by atoms with Crippen molar-refractivity contribution < 1.29 is 9.84 Å². The third-order valence-corrected chi connectivity index (χ3v) is 3.20. The molecule has 1 fully saturated rings. The predicted octanol–water partition coefficient (Wildman–Crippen LogP) is -2.22. The first kappa shape index (κ1) is 11.5. The van der Waals surface area contributed by atoms with Gasteiger partial charge in [-0.15, -0.1) is 5.10 Å². The van der Waals surface area contributed by atoms with Crippen LogP contribution >= 0.6 is 0 Å². The molecular formula is C9H17N7O2. The molecule has 3 aliphatic heterocycles. The van der Waals surface area contributed by atoms with Crippen LogP contribution in [0.1, 0.15) is 12.8 Å². The molecule has 0 amide bonds. The van der Waals surface area contributed by atoms with Gasteiger partial charge in [0.2, 0.25) is 0 Å². The lowest BCUT2D eigenvalue weighted by Gasteiger charge is -2.33. The number of fused-ring (bicyclic) bond motifs is 1. The van der Waals surface area contributed by atoms with Gasteiger partial charge < -0.3 is 9.84 Å². The minimum Gasteiger partial charge on any atom is -0.394 e. The summed E-state index contributed by atoms with van der Waals surface area (Å²) in [6, 6.07) is 0. The highest BCUT2D eigenvalue weighted by atomic mass is 16.5. The molecule has 0 bridgehead atoms. The third-order valence-electron chi connectivity index (χ3n) is 3.20. The largest absolute Gasteiger partial charge is 0.394 e. The van der Waals surface area contributed by atoms with E-state index in [2.05, 4.69) is 10.6 Å². The van der Waals surface area contributed by atoms with E-state index in [1.165, 1.54) is 10.0 Å². The normalized spacial score (nSPS) is 31.2. The zero-order valence-corrected chi connectivity index (χ0v) is 9.86. The van der Waals surface area contributed by atoms with E-state index in [0.29, 0.717) is 12.5 Å². The SMILES string of the molecule is NN1C=C2C(=NNN2[C@H]2CC[C@@H](CO)O2)N(N)C1. The Morgan fingerprint density at radius 3 is 3.06 bits per heavy atom. The van der Waals surface area contributed by atoms with Gasteiger partial charge in [0.1, 0.15) is 12.4 Å². The maximum absolute atomic E-state index is 9.08. The van der Waals surface area contributed by atoms with Crippen LogP contribution in [-0.2, 0) is 4.74 Å². The number of rotatable bonds is 2. The average molecular weight is 255 g/mol. The van der Waals surface area contributed by atoms with Crippen LogP contribution in [0.2, 0.25) is 0 Å². The Hall–Kier alpha value is -1.55. The van der Waals surface area contributed by atoms with Crippen LogP contribution in [0.25, 0.3) is 0 Å². The number of aliphatic hydroxyl groups is 1. The molecule has 0 aromatic heterocycles. The topological polar surface area (TPSA) is 116 Å². The molecular weight excluding hydrogens is 238 g/mol. The van der Waals surface area contributed by atoms with Gasteiger partial charge in [-0.3, -0.25) is 10.0 Å². The maximum atomic E-state index is 9.08. The van der Waals surface area contributed by atoms with Crippen molar-refractivity contribution in [1.82, 2.24) is 20.6 Å². The van der Waals surface area contributed by atoms with Gasteiger partial charge in [0, 0.05) is 6.20 Å². The van der Waals surface area contributed by atoms with E-state index in [1.54, 1.807) is 11.2 Å². The Balaban J connectivity index is 1.77. The molecule has 3 heterocycles. The molecule has 0 aromatic rings. The molecule has 0 spiro atoms. The fourth-order valence-corrected chi connectivity index (χ4v) is 2.32. The number of aliphatic hydroxyl groups excluding tert-OH is 1. The fourth-order valence-electron chi connectivity index (χ4n) is 2.32. The summed E-state index contributed by atoms with van der Waals surface area (Å²) in [7, 11) is 0. The summed E-state index contributed by atoms with van der Waals surface area (Å²) in [6.45, 7) is 0.409. The fraction of sp³-hybridized carbons (Fsp3) is 0.667. The van der Waals surface area contributed by atoms with Crippen molar-refractivity contribution in [2.75, 3.05) is 13.3 Å². The number of hydrogen-bond donors (Lipinski definition) is 4. The molecule has 0 unspecified atom stereocenters. The Kier molecular flexibility index (Phi) is 2.74. The molecule has 2 atom stereocenters. The van der Waals surface area contributed by atoms with Gasteiger partial charge >= 0.3 is 0 Å². The van der Waals surface area contributed by atoms with Crippen molar-refractivity contribution in [3.05, 3.63) is 11.9 Å². The summed E-state index contributed by atoms with van der Waals surface area (Å²) in [6.07, 6.45) is 3.11. The third kappa shape index (κ3) is 1.77. The quantitative estimate of drug-likeness (QED) is 0.410. The zero-order valence-electron chi connectivity index (χ0n) is 9.86. The second kappa shape index (κ2) is 4.28. The van der Waals surface area contributed by atoms with E-state index in [-0.39, 0.29) is 18.9 Å². The highest BCUT2D eigenvalue weighted by Gasteiger charge is 2.38. The van der Waals surface area contributed by atoms with Crippen LogP contribution < -0.4 is 17.2 Å². The van der Waals surface area contributed by atoms with Gasteiger partial charge in [0.05, 0.1) is 12.7 Å². The Morgan fingerprint density at radius 1 is 1.50 bits per heavy atom. The smallest absolute Gasteiger partial charge is 0.193 e. The van der Waals surface area contributed by atoms with Crippen LogP contribution in [0.15, 0.2) is 17.0 Å². The highest BCUT2D eigenvalue weighted by molar-refractivity contribution is 5.98. The summed E-state index contributed by atoms with van der Waals surface area (Å²) in [4.78, 5) is 0. The van der Waals surface area contributed by atoms with Gasteiger partial charge in [-0.1, -0.05) is 0 Å². The van der Waals surface area contributed by atoms with Crippen molar-refractivity contribution in [3.8, 4) is 0 Å². The summed E-state index contributed by atoms with van der Waals surface area (Å²) >= 11 is 0. The summed E-state index contributed by atoms with van der Waals surface area (Å²) in [5.41, 5.74) is 3.65. The van der Waals surface area contributed by atoms with Crippen molar-refractivity contribution >= 4 is 5.84 Å². The van der Waals surface area contributed by atoms with E-state index >= 15 is 0 Å². The Morgan fingerprint density at radius 2 is 2.33 bits per heavy atom. The zero-order chi connectivity index (χ0) is 12.7. The lowest BCUT2D eigenvalue weighted by Crippen LogP contribution is -2.52. The van der Waals surface area contributed by atoms with Crippen molar-refractivity contribution in [1.29, 1.82) is 0 Å². The number of nitrogens with two attached hydrogens (primary N) is 2. The first-order chi connectivity index (χ1) is 8.69. The number of hydrogen-bond acceptors (Lipinski definition) is 9. The van der Waals surface area contributed by atoms with Gasteiger partial charge in [0.25, 0.3) is 0 Å². The average Bonchev–Trinajstić information content (AvgIpc) is 2.93. The second-order valence-corrected chi connectivity index (χ2v) is 4.52. The molecule has 6 N–H and O–H groups in total. The maximum Gasteiger partial charge on any atom is 0.193 e. The van der Waals surface area contributed by atoms with Crippen LogP contribution in [0.3, 0.4) is 0 Å². The lowest BCUT2D eigenvalue weighted by atomic mass is 10.2.